The quantitative estimate of drug-likeness (QED) is 0.882. The topological polar surface area (TPSA) is 21.3 Å². The van der Waals surface area contributed by atoms with Crippen LogP contribution in [0.15, 0.2) is 42.5 Å². The standard InChI is InChI=1S/C17H19F2NO/c1-11(13-5-4-6-14(18)9-13)20-12(2)16-10-15(19)7-8-17(16)21-3/h4-12,20H,1-3H3. The van der Waals surface area contributed by atoms with Crippen molar-refractivity contribution in [2.45, 2.75) is 25.9 Å². The number of hydrogen-bond donors (Lipinski definition) is 1. The van der Waals surface area contributed by atoms with Gasteiger partial charge in [0.25, 0.3) is 0 Å². The minimum atomic E-state index is -0.308. The van der Waals surface area contributed by atoms with Crippen LogP contribution >= 0.6 is 0 Å². The van der Waals surface area contributed by atoms with E-state index < -0.39 is 0 Å². The first-order chi connectivity index (χ1) is 10.0. The van der Waals surface area contributed by atoms with E-state index >= 15 is 0 Å². The molecule has 0 radical (unpaired) electrons. The maximum atomic E-state index is 13.4. The first-order valence-electron chi connectivity index (χ1n) is 6.86. The van der Waals surface area contributed by atoms with Crippen molar-refractivity contribution in [2.75, 3.05) is 7.11 Å². The molecular formula is C17H19F2NO. The third kappa shape index (κ3) is 3.79. The molecule has 2 rings (SSSR count). The Kier molecular flexibility index (Phi) is 4.91. The lowest BCUT2D eigenvalue weighted by Crippen LogP contribution is -2.23. The second-order valence-corrected chi connectivity index (χ2v) is 5.05. The zero-order chi connectivity index (χ0) is 15.4. The molecule has 1 N–H and O–H groups in total. The van der Waals surface area contributed by atoms with Crippen molar-refractivity contribution in [1.29, 1.82) is 0 Å². The summed E-state index contributed by atoms with van der Waals surface area (Å²) in [5.41, 5.74) is 1.58. The fourth-order valence-electron chi connectivity index (χ4n) is 2.38. The van der Waals surface area contributed by atoms with E-state index in [1.807, 2.05) is 19.9 Å². The van der Waals surface area contributed by atoms with E-state index in [9.17, 15) is 8.78 Å². The van der Waals surface area contributed by atoms with Crippen LogP contribution in [-0.2, 0) is 0 Å². The van der Waals surface area contributed by atoms with Gasteiger partial charge in [0, 0.05) is 17.6 Å². The molecule has 0 saturated carbocycles. The SMILES string of the molecule is COc1ccc(F)cc1C(C)NC(C)c1cccc(F)c1. The molecule has 0 aromatic heterocycles. The molecule has 21 heavy (non-hydrogen) atoms. The lowest BCUT2D eigenvalue weighted by Gasteiger charge is -2.22. The highest BCUT2D eigenvalue weighted by molar-refractivity contribution is 5.36. The zero-order valence-corrected chi connectivity index (χ0v) is 12.4. The van der Waals surface area contributed by atoms with E-state index in [4.69, 9.17) is 4.74 Å². The maximum Gasteiger partial charge on any atom is 0.123 e. The van der Waals surface area contributed by atoms with Crippen molar-refractivity contribution in [3.05, 3.63) is 65.2 Å². The molecule has 2 nitrogen and oxygen atoms in total. The molecular weight excluding hydrogens is 272 g/mol. The minimum Gasteiger partial charge on any atom is -0.496 e. The van der Waals surface area contributed by atoms with Crippen LogP contribution in [0.1, 0.15) is 37.1 Å². The number of benzene rings is 2. The number of nitrogens with one attached hydrogen (secondary N) is 1. The zero-order valence-electron chi connectivity index (χ0n) is 12.4. The molecule has 0 aliphatic rings. The smallest absolute Gasteiger partial charge is 0.123 e. The van der Waals surface area contributed by atoms with E-state index in [2.05, 4.69) is 5.32 Å². The summed E-state index contributed by atoms with van der Waals surface area (Å²) in [5.74, 6) is 0.0536. The Morgan fingerprint density at radius 2 is 1.67 bits per heavy atom. The highest BCUT2D eigenvalue weighted by atomic mass is 19.1. The van der Waals surface area contributed by atoms with Crippen molar-refractivity contribution < 1.29 is 13.5 Å². The van der Waals surface area contributed by atoms with Crippen LogP contribution in [0.2, 0.25) is 0 Å². The lowest BCUT2D eigenvalue weighted by molar-refractivity contribution is 0.394. The Hall–Kier alpha value is -1.94. The van der Waals surface area contributed by atoms with Gasteiger partial charge in [-0.1, -0.05) is 12.1 Å². The lowest BCUT2D eigenvalue weighted by atomic mass is 10.0. The average molecular weight is 291 g/mol. The van der Waals surface area contributed by atoms with Crippen LogP contribution in [0, 0.1) is 11.6 Å². The molecule has 4 heteroatoms. The average Bonchev–Trinajstić information content (AvgIpc) is 2.47. The normalized spacial score (nSPS) is 13.8. The van der Waals surface area contributed by atoms with Gasteiger partial charge in [0.05, 0.1) is 7.11 Å². The van der Waals surface area contributed by atoms with Gasteiger partial charge in [0.1, 0.15) is 17.4 Å². The molecule has 2 aromatic carbocycles. The summed E-state index contributed by atoms with van der Waals surface area (Å²) in [6.45, 7) is 3.87. The molecule has 112 valence electrons. The van der Waals surface area contributed by atoms with Gasteiger partial charge in [0.2, 0.25) is 0 Å². The summed E-state index contributed by atoms with van der Waals surface area (Å²) in [6, 6.07) is 10.7. The third-order valence-electron chi connectivity index (χ3n) is 3.51. The molecule has 0 spiro atoms. The van der Waals surface area contributed by atoms with Crippen molar-refractivity contribution in [1.82, 2.24) is 5.32 Å². The van der Waals surface area contributed by atoms with Crippen LogP contribution in [0.5, 0.6) is 5.75 Å². The Morgan fingerprint density at radius 3 is 2.33 bits per heavy atom. The third-order valence-corrected chi connectivity index (χ3v) is 3.51. The second-order valence-electron chi connectivity index (χ2n) is 5.05. The predicted molar refractivity (Wildman–Crippen MR) is 79.3 cm³/mol. The minimum absolute atomic E-state index is 0.0660. The summed E-state index contributed by atoms with van der Waals surface area (Å²) in [6.07, 6.45) is 0. The van der Waals surface area contributed by atoms with Crippen LogP contribution in [0.3, 0.4) is 0 Å². The number of hydrogen-bond acceptors (Lipinski definition) is 2. The summed E-state index contributed by atoms with van der Waals surface area (Å²) in [5, 5.41) is 3.33. The van der Waals surface area contributed by atoms with Gasteiger partial charge in [0.15, 0.2) is 0 Å². The van der Waals surface area contributed by atoms with Gasteiger partial charge in [-0.15, -0.1) is 0 Å². The van der Waals surface area contributed by atoms with Crippen LogP contribution < -0.4 is 10.1 Å². The van der Waals surface area contributed by atoms with E-state index in [-0.39, 0.29) is 23.7 Å². The Balaban J connectivity index is 2.17. The van der Waals surface area contributed by atoms with Gasteiger partial charge in [-0.2, -0.15) is 0 Å². The summed E-state index contributed by atoms with van der Waals surface area (Å²) in [7, 11) is 1.56. The Bertz CT molecular complexity index is 615. The van der Waals surface area contributed by atoms with Crippen molar-refractivity contribution in [2.24, 2.45) is 0 Å². The first kappa shape index (κ1) is 15.4. The van der Waals surface area contributed by atoms with Crippen molar-refractivity contribution in [3.63, 3.8) is 0 Å². The monoisotopic (exact) mass is 291 g/mol. The Labute approximate surface area is 123 Å². The van der Waals surface area contributed by atoms with Crippen LogP contribution in [0.25, 0.3) is 0 Å². The first-order valence-corrected chi connectivity index (χ1v) is 6.86. The predicted octanol–water partition coefficient (Wildman–Crippen LogP) is 4.39. The molecule has 0 amide bonds. The highest BCUT2D eigenvalue weighted by Gasteiger charge is 2.16. The molecule has 0 fully saturated rings. The fraction of sp³-hybridized carbons (Fsp3) is 0.294. The van der Waals surface area contributed by atoms with E-state index in [1.165, 1.54) is 24.3 Å². The van der Waals surface area contributed by atoms with Gasteiger partial charge in [-0.25, -0.2) is 8.78 Å². The second kappa shape index (κ2) is 6.68. The largest absolute Gasteiger partial charge is 0.496 e. The Morgan fingerprint density at radius 1 is 0.952 bits per heavy atom. The summed E-state index contributed by atoms with van der Waals surface area (Å²) < 4.78 is 31.9. The van der Waals surface area contributed by atoms with Gasteiger partial charge in [-0.3, -0.25) is 0 Å². The van der Waals surface area contributed by atoms with Gasteiger partial charge < -0.3 is 10.1 Å². The van der Waals surface area contributed by atoms with Crippen molar-refractivity contribution in [3.8, 4) is 5.75 Å². The van der Waals surface area contributed by atoms with Crippen LogP contribution in [-0.4, -0.2) is 7.11 Å². The maximum absolute atomic E-state index is 13.4. The van der Waals surface area contributed by atoms with E-state index in [0.29, 0.717) is 5.75 Å². The number of ether oxygens (including phenoxy) is 1. The summed E-state index contributed by atoms with van der Waals surface area (Å²) in [4.78, 5) is 0. The van der Waals surface area contributed by atoms with Crippen LogP contribution in [0.4, 0.5) is 8.78 Å². The van der Waals surface area contributed by atoms with E-state index in [1.54, 1.807) is 19.2 Å². The molecule has 0 aliphatic heterocycles. The summed E-state index contributed by atoms with van der Waals surface area (Å²) >= 11 is 0. The fourth-order valence-corrected chi connectivity index (χ4v) is 2.38. The molecule has 0 aliphatic carbocycles. The van der Waals surface area contributed by atoms with E-state index in [0.717, 1.165) is 11.1 Å². The molecule has 0 saturated heterocycles. The highest BCUT2D eigenvalue weighted by Crippen LogP contribution is 2.28. The number of methoxy groups -OCH3 is 1. The molecule has 2 aromatic rings. The number of halogens is 2. The molecule has 2 atom stereocenters. The molecule has 0 bridgehead atoms. The van der Waals surface area contributed by atoms with Gasteiger partial charge >= 0.3 is 0 Å². The molecule has 2 unspecified atom stereocenters. The molecule has 0 heterocycles. The van der Waals surface area contributed by atoms with Gasteiger partial charge in [-0.05, 0) is 49.7 Å². The number of rotatable bonds is 5. The van der Waals surface area contributed by atoms with Crippen molar-refractivity contribution >= 4 is 0 Å².